The molecule has 15 heavy (non-hydrogen) atoms. The molecule has 0 amide bonds. The maximum absolute atomic E-state index is 6.22. The molecule has 0 bridgehead atoms. The Bertz CT molecular complexity index is 304. The molecule has 0 aliphatic heterocycles. The van der Waals surface area contributed by atoms with Crippen molar-refractivity contribution in [2.24, 2.45) is 11.7 Å². The Morgan fingerprint density at radius 2 is 2.07 bits per heavy atom. The molecule has 2 N–H and O–H groups in total. The minimum absolute atomic E-state index is 0.264. The normalized spacial score (nSPS) is 17.9. The molecule has 1 heterocycles. The van der Waals surface area contributed by atoms with Gasteiger partial charge in [-0.05, 0) is 49.7 Å². The summed E-state index contributed by atoms with van der Waals surface area (Å²) in [6.07, 6.45) is 6.41. The quantitative estimate of drug-likeness (QED) is 0.831. The first kappa shape index (κ1) is 11.2. The average molecular weight is 223 g/mol. The summed E-state index contributed by atoms with van der Waals surface area (Å²) < 4.78 is 0. The Labute approximate surface area is 96.7 Å². The lowest BCUT2D eigenvalue weighted by atomic mass is 9.97. The van der Waals surface area contributed by atoms with Crippen molar-refractivity contribution >= 4 is 11.3 Å². The van der Waals surface area contributed by atoms with Gasteiger partial charge in [-0.25, -0.2) is 0 Å². The van der Waals surface area contributed by atoms with Crippen LogP contribution in [-0.2, 0) is 12.8 Å². The minimum Gasteiger partial charge on any atom is -0.323 e. The molecular formula is C13H21NS. The lowest BCUT2D eigenvalue weighted by Gasteiger charge is -2.11. The topological polar surface area (TPSA) is 26.0 Å². The molecule has 1 aliphatic rings. The molecule has 1 aromatic heterocycles. The van der Waals surface area contributed by atoms with E-state index in [-0.39, 0.29) is 6.04 Å². The van der Waals surface area contributed by atoms with Crippen molar-refractivity contribution in [3.8, 4) is 0 Å². The van der Waals surface area contributed by atoms with E-state index in [0.717, 1.165) is 6.42 Å². The van der Waals surface area contributed by atoms with Crippen molar-refractivity contribution in [3.63, 3.8) is 0 Å². The molecule has 1 unspecified atom stereocenters. The minimum atomic E-state index is 0.264. The zero-order valence-electron chi connectivity index (χ0n) is 9.75. The van der Waals surface area contributed by atoms with Gasteiger partial charge in [0.05, 0.1) is 0 Å². The van der Waals surface area contributed by atoms with Gasteiger partial charge >= 0.3 is 0 Å². The first-order valence-electron chi connectivity index (χ1n) is 6.04. The van der Waals surface area contributed by atoms with Crippen molar-refractivity contribution in [3.05, 3.63) is 21.4 Å². The van der Waals surface area contributed by atoms with Crippen LogP contribution in [0.2, 0.25) is 0 Å². The van der Waals surface area contributed by atoms with Gasteiger partial charge in [0.25, 0.3) is 0 Å². The Morgan fingerprint density at radius 3 is 2.73 bits per heavy atom. The molecule has 84 valence electrons. The zero-order chi connectivity index (χ0) is 10.8. The molecule has 1 nitrogen and oxygen atoms in total. The molecule has 0 aromatic carbocycles. The second kappa shape index (κ2) is 4.67. The summed E-state index contributed by atoms with van der Waals surface area (Å²) in [6.45, 7) is 4.49. The third-order valence-electron chi connectivity index (χ3n) is 3.11. The van der Waals surface area contributed by atoms with Crippen LogP contribution in [0.4, 0.5) is 0 Å². The first-order valence-corrected chi connectivity index (χ1v) is 6.85. The zero-order valence-corrected chi connectivity index (χ0v) is 10.6. The van der Waals surface area contributed by atoms with Crippen molar-refractivity contribution in [1.82, 2.24) is 0 Å². The van der Waals surface area contributed by atoms with Crippen molar-refractivity contribution < 1.29 is 0 Å². The maximum atomic E-state index is 6.22. The smallest absolute Gasteiger partial charge is 0.0392 e. The monoisotopic (exact) mass is 223 g/mol. The van der Waals surface area contributed by atoms with Gasteiger partial charge in [-0.2, -0.15) is 0 Å². The van der Waals surface area contributed by atoms with E-state index in [1.54, 1.807) is 10.4 Å². The largest absolute Gasteiger partial charge is 0.323 e. The maximum Gasteiger partial charge on any atom is 0.0392 e. The molecule has 1 aromatic rings. The van der Waals surface area contributed by atoms with Crippen LogP contribution in [0.1, 0.15) is 54.5 Å². The van der Waals surface area contributed by atoms with Crippen LogP contribution in [0.15, 0.2) is 6.07 Å². The fourth-order valence-corrected chi connectivity index (χ4v) is 3.59. The summed E-state index contributed by atoms with van der Waals surface area (Å²) in [6, 6.07) is 2.63. The number of thiophene rings is 1. The fourth-order valence-electron chi connectivity index (χ4n) is 2.32. The van der Waals surface area contributed by atoms with Gasteiger partial charge < -0.3 is 5.73 Å². The van der Waals surface area contributed by atoms with Crippen LogP contribution in [-0.4, -0.2) is 0 Å². The Kier molecular flexibility index (Phi) is 3.47. The second-order valence-electron chi connectivity index (χ2n) is 5.04. The highest BCUT2D eigenvalue weighted by Crippen LogP contribution is 2.33. The molecule has 2 heteroatoms. The molecular weight excluding hydrogens is 202 g/mol. The van der Waals surface area contributed by atoms with E-state index < -0.39 is 0 Å². The van der Waals surface area contributed by atoms with E-state index in [4.69, 9.17) is 5.73 Å². The van der Waals surface area contributed by atoms with Gasteiger partial charge in [-0.15, -0.1) is 11.3 Å². The van der Waals surface area contributed by atoms with Crippen molar-refractivity contribution in [2.75, 3.05) is 0 Å². The van der Waals surface area contributed by atoms with Gasteiger partial charge in [-0.3, -0.25) is 0 Å². The fraction of sp³-hybridized carbons (Fsp3) is 0.692. The number of fused-ring (bicyclic) bond motifs is 1. The molecule has 0 fully saturated rings. The van der Waals surface area contributed by atoms with Crippen LogP contribution in [0.25, 0.3) is 0 Å². The number of aryl methyl sites for hydroxylation is 2. The molecule has 1 atom stereocenters. The van der Waals surface area contributed by atoms with Crippen molar-refractivity contribution in [1.29, 1.82) is 0 Å². The highest BCUT2D eigenvalue weighted by atomic mass is 32.1. The van der Waals surface area contributed by atoms with E-state index in [2.05, 4.69) is 19.9 Å². The average Bonchev–Trinajstić information content (AvgIpc) is 2.59. The summed E-state index contributed by atoms with van der Waals surface area (Å²) in [4.78, 5) is 3.02. The number of hydrogen-bond acceptors (Lipinski definition) is 2. The van der Waals surface area contributed by atoms with E-state index >= 15 is 0 Å². The van der Waals surface area contributed by atoms with Gasteiger partial charge in [0.15, 0.2) is 0 Å². The van der Waals surface area contributed by atoms with Crippen LogP contribution in [0.3, 0.4) is 0 Å². The van der Waals surface area contributed by atoms with Crippen LogP contribution in [0.5, 0.6) is 0 Å². The molecule has 0 saturated carbocycles. The Morgan fingerprint density at radius 1 is 1.33 bits per heavy atom. The third kappa shape index (κ3) is 2.61. The van der Waals surface area contributed by atoms with Crippen LogP contribution < -0.4 is 5.73 Å². The Balaban J connectivity index is 2.11. The molecule has 0 radical (unpaired) electrons. The second-order valence-corrected chi connectivity index (χ2v) is 6.21. The van der Waals surface area contributed by atoms with Gasteiger partial charge in [0.1, 0.15) is 0 Å². The number of hydrogen-bond donors (Lipinski definition) is 1. The van der Waals surface area contributed by atoms with Crippen molar-refractivity contribution in [2.45, 2.75) is 52.0 Å². The summed E-state index contributed by atoms with van der Waals surface area (Å²) in [5.74, 6) is 0.694. The van der Waals surface area contributed by atoms with E-state index in [0.29, 0.717) is 5.92 Å². The predicted molar refractivity (Wildman–Crippen MR) is 67.3 cm³/mol. The Hall–Kier alpha value is -0.340. The standard InChI is InChI=1S/C13H21NS/c1-9(2)7-11(14)13-8-10-5-3-4-6-12(10)15-13/h8-9,11H,3-7,14H2,1-2H3. The van der Waals surface area contributed by atoms with Crippen LogP contribution in [0, 0.1) is 5.92 Å². The molecule has 1 aliphatic carbocycles. The lowest BCUT2D eigenvalue weighted by molar-refractivity contribution is 0.514. The first-order chi connectivity index (χ1) is 7.16. The highest BCUT2D eigenvalue weighted by molar-refractivity contribution is 7.12. The van der Waals surface area contributed by atoms with E-state index in [9.17, 15) is 0 Å². The molecule has 0 saturated heterocycles. The summed E-state index contributed by atoms with van der Waals surface area (Å²) in [5.41, 5.74) is 7.80. The molecule has 0 spiro atoms. The third-order valence-corrected chi connectivity index (χ3v) is 4.48. The van der Waals surface area contributed by atoms with E-state index in [1.165, 1.54) is 30.6 Å². The van der Waals surface area contributed by atoms with Crippen LogP contribution >= 0.6 is 11.3 Å². The van der Waals surface area contributed by atoms with Gasteiger partial charge in [-0.1, -0.05) is 13.8 Å². The summed E-state index contributed by atoms with van der Waals surface area (Å²) in [7, 11) is 0. The summed E-state index contributed by atoms with van der Waals surface area (Å²) >= 11 is 1.96. The van der Waals surface area contributed by atoms with Gasteiger partial charge in [0, 0.05) is 15.8 Å². The SMILES string of the molecule is CC(C)CC(N)c1cc2c(s1)CCCC2. The highest BCUT2D eigenvalue weighted by Gasteiger charge is 2.17. The molecule has 2 rings (SSSR count). The van der Waals surface area contributed by atoms with Gasteiger partial charge in [0.2, 0.25) is 0 Å². The summed E-state index contributed by atoms with van der Waals surface area (Å²) in [5, 5.41) is 0. The predicted octanol–water partition coefficient (Wildman–Crippen LogP) is 3.67. The number of nitrogens with two attached hydrogens (primary N) is 1. The lowest BCUT2D eigenvalue weighted by Crippen LogP contribution is -2.11. The van der Waals surface area contributed by atoms with E-state index in [1.807, 2.05) is 11.3 Å². The number of rotatable bonds is 3.